The van der Waals surface area contributed by atoms with Crippen LogP contribution in [0, 0.1) is 5.82 Å². The smallest absolute Gasteiger partial charge is 0.305 e. The van der Waals surface area contributed by atoms with E-state index in [-0.39, 0.29) is 23.7 Å². The second-order valence-electron chi connectivity index (χ2n) is 8.68. The highest BCUT2D eigenvalue weighted by Gasteiger charge is 2.42. The molecule has 3 heterocycles. The molecule has 4 aliphatic rings. The van der Waals surface area contributed by atoms with E-state index in [2.05, 4.69) is 21.6 Å². The van der Waals surface area contributed by atoms with Crippen molar-refractivity contribution in [2.75, 3.05) is 38.7 Å². The highest BCUT2D eigenvalue weighted by Crippen LogP contribution is 2.43. The van der Waals surface area contributed by atoms with Gasteiger partial charge in [0.2, 0.25) is 0 Å². The lowest BCUT2D eigenvalue weighted by atomic mass is 9.90. The number of nitrogens with one attached hydrogen (secondary N) is 2. The predicted molar refractivity (Wildman–Crippen MR) is 127 cm³/mol. The zero-order valence-electron chi connectivity index (χ0n) is 19.2. The van der Waals surface area contributed by atoms with E-state index in [0.717, 1.165) is 39.4 Å². The summed E-state index contributed by atoms with van der Waals surface area (Å²) in [6, 6.07) is 6.29. The monoisotopic (exact) mass is 462 g/mol. The molecule has 3 aliphatic heterocycles. The number of nitrogens with zero attached hydrogens (tertiary/aromatic N) is 2. The zero-order chi connectivity index (χ0) is 23.8. The molecular weight excluding hydrogens is 435 g/mol. The molecule has 2 N–H and O–H groups in total. The molecule has 5 rings (SSSR count). The normalized spacial score (nSPS) is 20.9. The average Bonchev–Trinajstić information content (AvgIpc) is 3.02. The summed E-state index contributed by atoms with van der Waals surface area (Å²) in [6.07, 6.45) is 9.08. The number of hydrogen-bond acceptors (Lipinski definition) is 6. The van der Waals surface area contributed by atoms with E-state index < -0.39 is 0 Å². The first-order valence-electron chi connectivity index (χ1n) is 11.4. The number of ether oxygens (including phenoxy) is 1. The molecule has 0 saturated heterocycles. The van der Waals surface area contributed by atoms with Gasteiger partial charge in [-0.05, 0) is 54.0 Å². The summed E-state index contributed by atoms with van der Waals surface area (Å²) in [5, 5.41) is 6.67. The largest absolute Gasteiger partial charge is 0.469 e. The Balaban J connectivity index is 1.54. The molecule has 34 heavy (non-hydrogen) atoms. The van der Waals surface area contributed by atoms with E-state index >= 15 is 0 Å². The number of fused-ring (bicyclic) bond motifs is 1. The van der Waals surface area contributed by atoms with Gasteiger partial charge in [-0.25, -0.2) is 4.39 Å². The summed E-state index contributed by atoms with van der Waals surface area (Å²) in [7, 11) is 3.20. The van der Waals surface area contributed by atoms with Crippen molar-refractivity contribution < 1.29 is 18.7 Å². The van der Waals surface area contributed by atoms with Crippen LogP contribution in [0.5, 0.6) is 0 Å². The van der Waals surface area contributed by atoms with Gasteiger partial charge in [0.15, 0.2) is 0 Å². The second-order valence-corrected chi connectivity index (χ2v) is 8.68. The molecule has 0 aromatic heterocycles. The molecule has 7 nitrogen and oxygen atoms in total. The fourth-order valence-corrected chi connectivity index (χ4v) is 4.93. The molecule has 0 spiro atoms. The Morgan fingerprint density at radius 1 is 1.26 bits per heavy atom. The molecule has 0 saturated carbocycles. The highest BCUT2D eigenvalue weighted by molar-refractivity contribution is 6.06. The van der Waals surface area contributed by atoms with Crippen LogP contribution in [0.25, 0.3) is 0 Å². The predicted octanol–water partition coefficient (Wildman–Crippen LogP) is 2.52. The van der Waals surface area contributed by atoms with Crippen LogP contribution < -0.4 is 15.5 Å². The number of likely N-dealkylation sites (N-methyl/N-ethyl adjacent to an activating group) is 1. The summed E-state index contributed by atoms with van der Waals surface area (Å²) >= 11 is 0. The van der Waals surface area contributed by atoms with Crippen molar-refractivity contribution >= 4 is 17.6 Å². The molecule has 0 fully saturated rings. The third-order valence-corrected chi connectivity index (χ3v) is 6.65. The standard InChI is InChI=1S/C26H27FN4O3/c1-30-22-14-28-13-16-15-31(19-8-5-17(27)6-9-19)21-10-7-18(29-11-3-4-23(32)34-2)12-20(21)25(24(16)22)26(30)33/h5-10,12-13,21,28-29H,3-4,11,14-15H2,1-2H3. The first-order valence-corrected chi connectivity index (χ1v) is 11.4. The summed E-state index contributed by atoms with van der Waals surface area (Å²) in [6.45, 7) is 1.78. The van der Waals surface area contributed by atoms with E-state index in [9.17, 15) is 14.0 Å². The van der Waals surface area contributed by atoms with Crippen molar-refractivity contribution in [3.63, 3.8) is 0 Å². The minimum atomic E-state index is -0.285. The van der Waals surface area contributed by atoms with Crippen LogP contribution >= 0.6 is 0 Å². The summed E-state index contributed by atoms with van der Waals surface area (Å²) < 4.78 is 18.4. The maximum atomic E-state index is 13.7. The van der Waals surface area contributed by atoms with Crippen LogP contribution in [0.1, 0.15) is 12.8 Å². The van der Waals surface area contributed by atoms with E-state index in [4.69, 9.17) is 4.74 Å². The number of benzene rings is 1. The first-order chi connectivity index (χ1) is 16.5. The molecular formula is C26H27FN4O3. The van der Waals surface area contributed by atoms with Gasteiger partial charge < -0.3 is 25.2 Å². The number of esters is 1. The zero-order valence-corrected chi connectivity index (χ0v) is 19.2. The number of dihydropyridines is 1. The molecule has 1 aromatic carbocycles. The molecule has 1 unspecified atom stereocenters. The lowest BCUT2D eigenvalue weighted by molar-refractivity contribution is -0.140. The molecule has 0 radical (unpaired) electrons. The van der Waals surface area contributed by atoms with Crippen LogP contribution in [0.3, 0.4) is 0 Å². The van der Waals surface area contributed by atoms with E-state index in [0.29, 0.717) is 32.5 Å². The van der Waals surface area contributed by atoms with E-state index in [1.54, 1.807) is 17.0 Å². The van der Waals surface area contributed by atoms with Crippen molar-refractivity contribution in [3.8, 4) is 0 Å². The number of allylic oxidation sites excluding steroid dienone is 1. The van der Waals surface area contributed by atoms with Gasteiger partial charge in [0.05, 0.1) is 25.3 Å². The van der Waals surface area contributed by atoms with Crippen molar-refractivity contribution in [1.82, 2.24) is 15.5 Å². The van der Waals surface area contributed by atoms with Crippen LogP contribution in [0.15, 0.2) is 82.4 Å². The average molecular weight is 463 g/mol. The molecule has 1 amide bonds. The van der Waals surface area contributed by atoms with Crippen LogP contribution in [-0.4, -0.2) is 56.6 Å². The summed E-state index contributed by atoms with van der Waals surface area (Å²) in [5.74, 6) is -0.535. The fourth-order valence-electron chi connectivity index (χ4n) is 4.93. The Kier molecular flexibility index (Phi) is 5.73. The SMILES string of the molecule is COC(=O)CCCNC1=CC2=C3C(=O)N(C)C4=C3C(=CNC4)CN(c3ccc(F)cc3)C2C=C1. The van der Waals surface area contributed by atoms with Crippen molar-refractivity contribution in [2.45, 2.75) is 18.9 Å². The number of carbonyl (C=O) groups is 2. The molecule has 1 atom stereocenters. The Labute approximate surface area is 197 Å². The minimum absolute atomic E-state index is 0.0165. The first kappa shape index (κ1) is 22.0. The van der Waals surface area contributed by atoms with Gasteiger partial charge in [-0.2, -0.15) is 0 Å². The lowest BCUT2D eigenvalue weighted by Crippen LogP contribution is -2.39. The number of hydrogen-bond donors (Lipinski definition) is 2. The van der Waals surface area contributed by atoms with Gasteiger partial charge >= 0.3 is 5.97 Å². The number of rotatable bonds is 6. The van der Waals surface area contributed by atoms with Gasteiger partial charge in [0.1, 0.15) is 5.82 Å². The Hall–Kier alpha value is -3.81. The number of amides is 1. The Morgan fingerprint density at radius 3 is 2.82 bits per heavy atom. The number of halogens is 1. The number of carbonyl (C=O) groups excluding carboxylic acids is 2. The van der Waals surface area contributed by atoms with E-state index in [1.165, 1.54) is 19.2 Å². The van der Waals surface area contributed by atoms with E-state index in [1.807, 2.05) is 25.4 Å². The maximum Gasteiger partial charge on any atom is 0.305 e. The molecule has 1 aliphatic carbocycles. The van der Waals surface area contributed by atoms with Gasteiger partial charge in [0.25, 0.3) is 5.91 Å². The molecule has 8 heteroatoms. The van der Waals surface area contributed by atoms with Gasteiger partial charge in [-0.3, -0.25) is 9.59 Å². The van der Waals surface area contributed by atoms with Crippen molar-refractivity contribution in [3.05, 3.63) is 88.2 Å². The molecule has 1 aromatic rings. The van der Waals surface area contributed by atoms with Crippen LogP contribution in [-0.2, 0) is 14.3 Å². The Bertz CT molecular complexity index is 1190. The maximum absolute atomic E-state index is 13.7. The van der Waals surface area contributed by atoms with Crippen LogP contribution in [0.2, 0.25) is 0 Å². The molecule has 0 bridgehead atoms. The second kappa shape index (κ2) is 8.85. The fraction of sp³-hybridized carbons (Fsp3) is 0.308. The number of anilines is 1. The van der Waals surface area contributed by atoms with Crippen molar-refractivity contribution in [1.29, 1.82) is 0 Å². The van der Waals surface area contributed by atoms with Gasteiger partial charge in [-0.1, -0.05) is 6.08 Å². The third kappa shape index (κ3) is 3.79. The Morgan fingerprint density at radius 2 is 2.06 bits per heavy atom. The quantitative estimate of drug-likeness (QED) is 0.500. The third-order valence-electron chi connectivity index (χ3n) is 6.65. The summed E-state index contributed by atoms with van der Waals surface area (Å²) in [4.78, 5) is 28.8. The van der Waals surface area contributed by atoms with Gasteiger partial charge in [-0.15, -0.1) is 0 Å². The van der Waals surface area contributed by atoms with Crippen molar-refractivity contribution in [2.24, 2.45) is 0 Å². The van der Waals surface area contributed by atoms with Gasteiger partial charge in [0, 0.05) is 55.4 Å². The summed E-state index contributed by atoms with van der Waals surface area (Å²) in [5.41, 5.74) is 6.40. The lowest BCUT2D eigenvalue weighted by Gasteiger charge is -2.34. The highest BCUT2D eigenvalue weighted by atomic mass is 19.1. The topological polar surface area (TPSA) is 73.9 Å². The molecule has 176 valence electrons. The minimum Gasteiger partial charge on any atom is -0.469 e. The van der Waals surface area contributed by atoms with Crippen LogP contribution in [0.4, 0.5) is 10.1 Å². The number of methoxy groups -OCH3 is 1.